The Bertz CT molecular complexity index is 95.1. The van der Waals surface area contributed by atoms with Crippen molar-refractivity contribution in [3.8, 4) is 0 Å². The van der Waals surface area contributed by atoms with Gasteiger partial charge in [-0.2, -0.15) is 0 Å². The third-order valence-electron chi connectivity index (χ3n) is 1.16. The summed E-state index contributed by atoms with van der Waals surface area (Å²) in [6.45, 7) is 4.01. The third kappa shape index (κ3) is 5.37. The van der Waals surface area contributed by atoms with Crippen LogP contribution in [0, 0.1) is 0 Å². The van der Waals surface area contributed by atoms with Crippen molar-refractivity contribution in [3.05, 3.63) is 11.8 Å². The number of hydrogen-bond donors (Lipinski definition) is 2. The summed E-state index contributed by atoms with van der Waals surface area (Å²) >= 11 is 0. The summed E-state index contributed by atoms with van der Waals surface area (Å²) in [6.07, 6.45) is 3.80. The van der Waals surface area contributed by atoms with Crippen LogP contribution in [0.1, 0.15) is 26.7 Å². The SMILES string of the molecule is CC/C(N)=C\CC(C)N. The molecule has 0 aromatic rings. The van der Waals surface area contributed by atoms with Gasteiger partial charge >= 0.3 is 0 Å². The normalized spacial score (nSPS) is 15.7. The average Bonchev–Trinajstić information content (AvgIpc) is 1.83. The molecule has 0 aliphatic carbocycles. The number of hydrogen-bond acceptors (Lipinski definition) is 2. The van der Waals surface area contributed by atoms with Gasteiger partial charge in [0, 0.05) is 11.7 Å². The minimum atomic E-state index is 0.232. The van der Waals surface area contributed by atoms with Crippen LogP contribution in [0.3, 0.4) is 0 Å². The summed E-state index contributed by atoms with van der Waals surface area (Å²) in [5.74, 6) is 0. The number of rotatable bonds is 3. The highest BCUT2D eigenvalue weighted by Crippen LogP contribution is 1.94. The van der Waals surface area contributed by atoms with Crippen molar-refractivity contribution >= 4 is 0 Å². The predicted octanol–water partition coefficient (Wildman–Crippen LogP) is 0.976. The minimum absolute atomic E-state index is 0.232. The third-order valence-corrected chi connectivity index (χ3v) is 1.16. The second-order valence-corrected chi connectivity index (χ2v) is 2.35. The summed E-state index contributed by atoms with van der Waals surface area (Å²) in [7, 11) is 0. The van der Waals surface area contributed by atoms with Gasteiger partial charge in [-0.1, -0.05) is 13.0 Å². The maximum atomic E-state index is 5.53. The Morgan fingerprint density at radius 1 is 1.67 bits per heavy atom. The van der Waals surface area contributed by atoms with Crippen molar-refractivity contribution in [3.63, 3.8) is 0 Å². The molecule has 54 valence electrons. The summed E-state index contributed by atoms with van der Waals surface area (Å²) in [5, 5.41) is 0. The summed E-state index contributed by atoms with van der Waals surface area (Å²) < 4.78 is 0. The Morgan fingerprint density at radius 3 is 2.56 bits per heavy atom. The molecular formula is C7H16N2. The van der Waals surface area contributed by atoms with E-state index in [4.69, 9.17) is 11.5 Å². The molecule has 9 heavy (non-hydrogen) atoms. The summed E-state index contributed by atoms with van der Waals surface area (Å²) in [4.78, 5) is 0. The lowest BCUT2D eigenvalue weighted by atomic mass is 10.2. The van der Waals surface area contributed by atoms with Crippen molar-refractivity contribution in [2.45, 2.75) is 32.7 Å². The molecule has 2 nitrogen and oxygen atoms in total. The molecule has 0 amide bonds. The van der Waals surface area contributed by atoms with Gasteiger partial charge in [-0.3, -0.25) is 0 Å². The Balaban J connectivity index is 3.43. The number of nitrogens with two attached hydrogens (primary N) is 2. The van der Waals surface area contributed by atoms with Crippen LogP contribution in [0.2, 0.25) is 0 Å². The van der Waals surface area contributed by atoms with Crippen LogP contribution < -0.4 is 11.5 Å². The Morgan fingerprint density at radius 2 is 2.22 bits per heavy atom. The molecule has 0 aliphatic heterocycles. The van der Waals surface area contributed by atoms with Gasteiger partial charge < -0.3 is 11.5 Å². The lowest BCUT2D eigenvalue weighted by Crippen LogP contribution is -2.13. The fraction of sp³-hybridized carbons (Fsp3) is 0.714. The number of allylic oxidation sites excluding steroid dienone is 1. The van der Waals surface area contributed by atoms with E-state index in [1.54, 1.807) is 0 Å². The molecule has 0 rings (SSSR count). The van der Waals surface area contributed by atoms with Crippen molar-refractivity contribution in [2.24, 2.45) is 11.5 Å². The van der Waals surface area contributed by atoms with Gasteiger partial charge in [0.2, 0.25) is 0 Å². The maximum absolute atomic E-state index is 5.53. The maximum Gasteiger partial charge on any atom is 0.00457 e. The zero-order valence-corrected chi connectivity index (χ0v) is 6.22. The summed E-state index contributed by atoms with van der Waals surface area (Å²) in [5.41, 5.74) is 12.0. The standard InChI is InChI=1S/C7H16N2/c1-3-7(9)5-4-6(2)8/h5-6H,3-4,8-9H2,1-2H3/b7-5+. The van der Waals surface area contributed by atoms with E-state index >= 15 is 0 Å². The van der Waals surface area contributed by atoms with Crippen LogP contribution >= 0.6 is 0 Å². The molecule has 0 aromatic carbocycles. The zero-order chi connectivity index (χ0) is 7.28. The highest BCUT2D eigenvalue weighted by Gasteiger charge is 1.89. The van der Waals surface area contributed by atoms with Crippen LogP contribution in [-0.2, 0) is 0 Å². The molecular weight excluding hydrogens is 112 g/mol. The summed E-state index contributed by atoms with van der Waals surface area (Å²) in [6, 6.07) is 0.232. The van der Waals surface area contributed by atoms with Crippen LogP contribution in [0.5, 0.6) is 0 Å². The molecule has 0 saturated carbocycles. The lowest BCUT2D eigenvalue weighted by molar-refractivity contribution is 0.750. The van der Waals surface area contributed by atoms with Crippen molar-refractivity contribution in [1.29, 1.82) is 0 Å². The molecule has 0 aromatic heterocycles. The van der Waals surface area contributed by atoms with Gasteiger partial charge in [-0.05, 0) is 19.8 Å². The predicted molar refractivity (Wildman–Crippen MR) is 40.8 cm³/mol. The van der Waals surface area contributed by atoms with Crippen molar-refractivity contribution in [2.75, 3.05) is 0 Å². The molecule has 0 saturated heterocycles. The van der Waals surface area contributed by atoms with E-state index in [0.717, 1.165) is 18.5 Å². The van der Waals surface area contributed by atoms with Gasteiger partial charge in [-0.15, -0.1) is 0 Å². The topological polar surface area (TPSA) is 52.0 Å². The smallest absolute Gasteiger partial charge is 0.00457 e. The van der Waals surface area contributed by atoms with Gasteiger partial charge in [-0.25, -0.2) is 0 Å². The zero-order valence-electron chi connectivity index (χ0n) is 6.22. The second kappa shape index (κ2) is 4.39. The molecule has 0 fully saturated rings. The van der Waals surface area contributed by atoms with Crippen LogP contribution in [0.4, 0.5) is 0 Å². The lowest BCUT2D eigenvalue weighted by Gasteiger charge is -1.99. The quantitative estimate of drug-likeness (QED) is 0.595. The van der Waals surface area contributed by atoms with E-state index in [1.807, 2.05) is 19.9 Å². The van der Waals surface area contributed by atoms with E-state index in [2.05, 4.69) is 0 Å². The molecule has 0 radical (unpaired) electrons. The van der Waals surface area contributed by atoms with Crippen LogP contribution in [-0.4, -0.2) is 6.04 Å². The molecule has 1 atom stereocenters. The van der Waals surface area contributed by atoms with E-state index < -0.39 is 0 Å². The van der Waals surface area contributed by atoms with Crippen LogP contribution in [0.25, 0.3) is 0 Å². The van der Waals surface area contributed by atoms with Gasteiger partial charge in [0.25, 0.3) is 0 Å². The van der Waals surface area contributed by atoms with Gasteiger partial charge in [0.05, 0.1) is 0 Å². The Hall–Kier alpha value is -0.500. The monoisotopic (exact) mass is 128 g/mol. The van der Waals surface area contributed by atoms with Crippen LogP contribution in [0.15, 0.2) is 11.8 Å². The van der Waals surface area contributed by atoms with Gasteiger partial charge in [0.1, 0.15) is 0 Å². The molecule has 0 heterocycles. The average molecular weight is 128 g/mol. The van der Waals surface area contributed by atoms with Crippen molar-refractivity contribution in [1.82, 2.24) is 0 Å². The molecule has 2 heteroatoms. The second-order valence-electron chi connectivity index (χ2n) is 2.35. The molecule has 1 unspecified atom stereocenters. The largest absolute Gasteiger partial charge is 0.402 e. The van der Waals surface area contributed by atoms with E-state index in [9.17, 15) is 0 Å². The first-order chi connectivity index (χ1) is 4.16. The van der Waals surface area contributed by atoms with Gasteiger partial charge in [0.15, 0.2) is 0 Å². The first-order valence-corrected chi connectivity index (χ1v) is 3.37. The first kappa shape index (κ1) is 8.50. The molecule has 0 spiro atoms. The van der Waals surface area contributed by atoms with Crippen molar-refractivity contribution < 1.29 is 0 Å². The first-order valence-electron chi connectivity index (χ1n) is 3.37. The molecule has 4 N–H and O–H groups in total. The van der Waals surface area contributed by atoms with E-state index in [0.29, 0.717) is 0 Å². The Kier molecular flexibility index (Phi) is 4.14. The minimum Gasteiger partial charge on any atom is -0.402 e. The highest BCUT2D eigenvalue weighted by molar-refractivity contribution is 4.95. The fourth-order valence-electron chi connectivity index (χ4n) is 0.482. The van der Waals surface area contributed by atoms with E-state index in [-0.39, 0.29) is 6.04 Å². The Labute approximate surface area is 56.9 Å². The highest BCUT2D eigenvalue weighted by atomic mass is 14.6. The fourth-order valence-corrected chi connectivity index (χ4v) is 0.482. The molecule has 0 aliphatic rings. The molecule has 0 bridgehead atoms. The van der Waals surface area contributed by atoms with E-state index in [1.165, 1.54) is 0 Å².